The van der Waals surface area contributed by atoms with Crippen LogP contribution in [0.5, 0.6) is 0 Å². The normalized spacial score (nSPS) is 11.4. The van der Waals surface area contributed by atoms with Gasteiger partial charge in [-0.05, 0) is 6.42 Å². The van der Waals surface area contributed by atoms with Gasteiger partial charge in [-0.1, -0.05) is 181 Å². The molecule has 0 unspecified atom stereocenters. The molecule has 0 aromatic heterocycles. The van der Waals surface area contributed by atoms with E-state index in [9.17, 15) is 0 Å². The lowest BCUT2D eigenvalue weighted by Crippen LogP contribution is -1.85. The molecule has 0 amide bonds. The van der Waals surface area contributed by atoms with Gasteiger partial charge in [0.15, 0.2) is 0 Å². The molecule has 175 valence electrons. The highest BCUT2D eigenvalue weighted by atomic mass is 14.0. The van der Waals surface area contributed by atoms with Crippen molar-refractivity contribution >= 4 is 0 Å². The maximum Gasteiger partial charge on any atom is -0.0386 e. The van der Waals surface area contributed by atoms with Gasteiger partial charge in [0.1, 0.15) is 0 Å². The molecule has 0 saturated carbocycles. The molecule has 0 nitrogen and oxygen atoms in total. The highest BCUT2D eigenvalue weighted by Gasteiger charge is 1.96. The molecule has 0 spiro atoms. The number of hydrogen-bond acceptors (Lipinski definition) is 0. The molecular formula is C29H59. The van der Waals surface area contributed by atoms with Gasteiger partial charge in [-0.25, -0.2) is 0 Å². The molecular weight excluding hydrogens is 348 g/mol. The van der Waals surface area contributed by atoms with Crippen molar-refractivity contribution in [1.29, 1.82) is 0 Å². The van der Waals surface area contributed by atoms with E-state index < -0.39 is 0 Å². The van der Waals surface area contributed by atoms with Crippen molar-refractivity contribution in [2.45, 2.75) is 181 Å². The Morgan fingerprint density at radius 2 is 0.483 bits per heavy atom. The van der Waals surface area contributed by atoms with E-state index in [1.807, 2.05) is 0 Å². The summed E-state index contributed by atoms with van der Waals surface area (Å²) in [6.45, 7) is 4.61. The topological polar surface area (TPSA) is 0 Å². The fourth-order valence-corrected chi connectivity index (χ4v) is 4.40. The van der Waals surface area contributed by atoms with Crippen molar-refractivity contribution in [2.75, 3.05) is 0 Å². The van der Waals surface area contributed by atoms with E-state index in [1.165, 1.54) is 167 Å². The summed E-state index contributed by atoms with van der Waals surface area (Å²) in [5.41, 5.74) is 0. The quantitative estimate of drug-likeness (QED) is 0.125. The zero-order valence-corrected chi connectivity index (χ0v) is 21.0. The smallest absolute Gasteiger partial charge is 0.0386 e. The van der Waals surface area contributed by atoms with Crippen LogP contribution in [0.1, 0.15) is 181 Å². The van der Waals surface area contributed by atoms with E-state index in [4.69, 9.17) is 0 Å². The van der Waals surface area contributed by atoms with Crippen LogP contribution in [0.2, 0.25) is 0 Å². The maximum atomic E-state index is 2.57. The summed E-state index contributed by atoms with van der Waals surface area (Å²) in [5, 5.41) is 0. The molecule has 0 aliphatic heterocycles. The van der Waals surface area contributed by atoms with Crippen molar-refractivity contribution in [3.05, 3.63) is 6.42 Å². The van der Waals surface area contributed by atoms with E-state index >= 15 is 0 Å². The van der Waals surface area contributed by atoms with Crippen LogP contribution >= 0.6 is 0 Å². The summed E-state index contributed by atoms with van der Waals surface area (Å²) in [6.07, 6.45) is 40.4. The molecule has 0 heterocycles. The van der Waals surface area contributed by atoms with Crippen LogP contribution in [0.25, 0.3) is 0 Å². The van der Waals surface area contributed by atoms with Gasteiger partial charge >= 0.3 is 0 Å². The Balaban J connectivity index is 2.97. The highest BCUT2D eigenvalue weighted by molar-refractivity contribution is 4.64. The number of rotatable bonds is 26. The molecule has 0 heteroatoms. The molecule has 0 aliphatic carbocycles. The highest BCUT2D eigenvalue weighted by Crippen LogP contribution is 2.15. The predicted octanol–water partition coefficient (Wildman–Crippen LogP) is 11.4. The van der Waals surface area contributed by atoms with Gasteiger partial charge < -0.3 is 0 Å². The second kappa shape index (κ2) is 28.0. The molecule has 0 fully saturated rings. The lowest BCUT2D eigenvalue weighted by molar-refractivity contribution is 0.533. The zero-order valence-electron chi connectivity index (χ0n) is 21.0. The van der Waals surface area contributed by atoms with Gasteiger partial charge in [-0.3, -0.25) is 0 Å². The Morgan fingerprint density at radius 3 is 0.724 bits per heavy atom. The van der Waals surface area contributed by atoms with E-state index in [2.05, 4.69) is 20.3 Å². The van der Waals surface area contributed by atoms with Crippen LogP contribution in [0.3, 0.4) is 0 Å². The number of hydrogen-bond donors (Lipinski definition) is 0. The molecule has 0 aliphatic rings. The average Bonchev–Trinajstić information content (AvgIpc) is 2.74. The van der Waals surface area contributed by atoms with E-state index in [0.717, 1.165) is 0 Å². The van der Waals surface area contributed by atoms with Crippen LogP contribution < -0.4 is 0 Å². The van der Waals surface area contributed by atoms with Gasteiger partial charge in [0.05, 0.1) is 0 Å². The van der Waals surface area contributed by atoms with Crippen LogP contribution in [-0.2, 0) is 0 Å². The van der Waals surface area contributed by atoms with Crippen molar-refractivity contribution in [3.63, 3.8) is 0 Å². The van der Waals surface area contributed by atoms with Crippen molar-refractivity contribution in [3.8, 4) is 0 Å². The fraction of sp³-hybridized carbons (Fsp3) is 0.966. The Bertz CT molecular complexity index is 231. The van der Waals surface area contributed by atoms with Crippen molar-refractivity contribution < 1.29 is 0 Å². The van der Waals surface area contributed by atoms with Gasteiger partial charge in [0.25, 0.3) is 0 Å². The summed E-state index contributed by atoms with van der Waals surface area (Å²) < 4.78 is 0. The lowest BCUT2D eigenvalue weighted by atomic mass is 10.0. The third-order valence-electron chi connectivity index (χ3n) is 6.52. The van der Waals surface area contributed by atoms with Gasteiger partial charge in [0, 0.05) is 0 Å². The third kappa shape index (κ3) is 28.0. The first-order chi connectivity index (χ1) is 14.4. The maximum absolute atomic E-state index is 2.57. The summed E-state index contributed by atoms with van der Waals surface area (Å²) >= 11 is 0. The molecule has 1 radical (unpaired) electrons. The summed E-state index contributed by atoms with van der Waals surface area (Å²) in [5.74, 6) is 0. The Kier molecular flexibility index (Phi) is 28.0. The van der Waals surface area contributed by atoms with E-state index in [-0.39, 0.29) is 0 Å². The third-order valence-corrected chi connectivity index (χ3v) is 6.52. The van der Waals surface area contributed by atoms with Crippen LogP contribution in [-0.4, -0.2) is 0 Å². The first kappa shape index (κ1) is 29.0. The second-order valence-electron chi connectivity index (χ2n) is 9.64. The van der Waals surface area contributed by atoms with Gasteiger partial charge in [-0.15, -0.1) is 0 Å². The van der Waals surface area contributed by atoms with Gasteiger partial charge in [-0.2, -0.15) is 0 Å². The summed E-state index contributed by atoms with van der Waals surface area (Å²) in [4.78, 5) is 0. The Hall–Kier alpha value is 0. The molecule has 29 heavy (non-hydrogen) atoms. The summed E-state index contributed by atoms with van der Waals surface area (Å²) in [7, 11) is 0. The molecule has 0 bridgehead atoms. The molecule has 0 aromatic rings. The largest absolute Gasteiger partial charge is 0.0654 e. The minimum atomic E-state index is 1.37. The minimum absolute atomic E-state index is 1.37. The molecule has 0 atom stereocenters. The first-order valence-electron chi connectivity index (χ1n) is 14.2. The monoisotopic (exact) mass is 407 g/mol. The van der Waals surface area contributed by atoms with Crippen molar-refractivity contribution in [1.82, 2.24) is 0 Å². The number of unbranched alkanes of at least 4 members (excludes halogenated alkanes) is 26. The minimum Gasteiger partial charge on any atom is -0.0654 e. The fourth-order valence-electron chi connectivity index (χ4n) is 4.40. The first-order valence-corrected chi connectivity index (χ1v) is 14.2. The molecule has 0 rings (SSSR count). The predicted molar refractivity (Wildman–Crippen MR) is 136 cm³/mol. The van der Waals surface area contributed by atoms with Gasteiger partial charge in [0.2, 0.25) is 0 Å². The SMILES string of the molecule is CCCCCCCCCCCC[CH]CCCCCCCCCCCCCCCC. The molecule has 0 N–H and O–H groups in total. The average molecular weight is 408 g/mol. The Morgan fingerprint density at radius 1 is 0.276 bits per heavy atom. The molecule has 0 saturated heterocycles. The zero-order chi connectivity index (χ0) is 21.1. The van der Waals surface area contributed by atoms with E-state index in [0.29, 0.717) is 0 Å². The lowest BCUT2D eigenvalue weighted by Gasteiger charge is -2.04. The van der Waals surface area contributed by atoms with Crippen LogP contribution in [0.4, 0.5) is 0 Å². The standard InChI is InChI=1S/C29H59/c1-3-5-7-9-11-13-15-17-19-21-23-25-27-29-28-26-24-22-20-18-16-14-12-10-8-6-4-2/h25H,3-24,26-29H2,1-2H3. The van der Waals surface area contributed by atoms with Crippen molar-refractivity contribution in [2.24, 2.45) is 0 Å². The molecule has 0 aromatic carbocycles. The van der Waals surface area contributed by atoms with E-state index in [1.54, 1.807) is 0 Å². The second-order valence-corrected chi connectivity index (χ2v) is 9.64. The summed E-state index contributed by atoms with van der Waals surface area (Å²) in [6, 6.07) is 0. The Labute approximate surface area is 187 Å². The van der Waals surface area contributed by atoms with Crippen LogP contribution in [0.15, 0.2) is 0 Å². The van der Waals surface area contributed by atoms with Crippen LogP contribution in [0, 0.1) is 6.42 Å².